The van der Waals surface area contributed by atoms with Gasteiger partial charge in [-0.15, -0.1) is 0 Å². The molecule has 1 heterocycles. The average molecular weight is 245 g/mol. The van der Waals surface area contributed by atoms with E-state index in [1.165, 1.54) is 5.56 Å². The van der Waals surface area contributed by atoms with Gasteiger partial charge in [0.15, 0.2) is 0 Å². The van der Waals surface area contributed by atoms with E-state index >= 15 is 0 Å². The molecule has 1 aromatic carbocycles. The summed E-state index contributed by atoms with van der Waals surface area (Å²) in [4.78, 5) is 4.32. The Morgan fingerprint density at radius 3 is 2.78 bits per heavy atom. The van der Waals surface area contributed by atoms with Crippen LogP contribution in [0, 0.1) is 6.92 Å². The predicted octanol–water partition coefficient (Wildman–Crippen LogP) is 2.63. The lowest BCUT2D eigenvalue weighted by molar-refractivity contribution is 0.197. The van der Waals surface area contributed by atoms with Crippen LogP contribution in [0.25, 0.3) is 5.69 Å². The molecule has 1 aromatic heterocycles. The first-order valence-electron chi connectivity index (χ1n) is 6.14. The Bertz CT molecular complexity index is 476. The third kappa shape index (κ3) is 3.11. The number of anilines is 1. The lowest BCUT2D eigenvalue weighted by atomic mass is 10.2. The van der Waals surface area contributed by atoms with Gasteiger partial charge in [-0.25, -0.2) is 4.98 Å². The number of benzene rings is 1. The smallest absolute Gasteiger partial charge is 0.207 e. The maximum absolute atomic E-state index is 5.02. The monoisotopic (exact) mass is 245 g/mol. The normalized spacial score (nSPS) is 10.6. The molecule has 0 aliphatic heterocycles. The molecule has 0 saturated heterocycles. The van der Waals surface area contributed by atoms with Crippen LogP contribution in [0.4, 0.5) is 5.95 Å². The van der Waals surface area contributed by atoms with Crippen LogP contribution in [0.15, 0.2) is 36.7 Å². The van der Waals surface area contributed by atoms with Crippen molar-refractivity contribution < 1.29 is 4.74 Å². The van der Waals surface area contributed by atoms with Gasteiger partial charge in [-0.2, -0.15) is 0 Å². The summed E-state index contributed by atoms with van der Waals surface area (Å²) in [5.74, 6) is 0.870. The summed E-state index contributed by atoms with van der Waals surface area (Å²) in [7, 11) is 1.72. The Morgan fingerprint density at radius 2 is 2.06 bits per heavy atom. The van der Waals surface area contributed by atoms with Gasteiger partial charge in [-0.3, -0.25) is 4.57 Å². The third-order valence-corrected chi connectivity index (χ3v) is 2.76. The molecule has 2 rings (SSSR count). The number of nitrogens with one attached hydrogen (secondary N) is 1. The minimum Gasteiger partial charge on any atom is -0.385 e. The van der Waals surface area contributed by atoms with Crippen molar-refractivity contribution in [2.45, 2.75) is 13.3 Å². The van der Waals surface area contributed by atoms with Gasteiger partial charge in [0, 0.05) is 38.3 Å². The highest BCUT2D eigenvalue weighted by atomic mass is 16.5. The lowest BCUT2D eigenvalue weighted by Crippen LogP contribution is -2.09. The van der Waals surface area contributed by atoms with Crippen LogP contribution in [0.5, 0.6) is 0 Å². The molecule has 18 heavy (non-hydrogen) atoms. The summed E-state index contributed by atoms with van der Waals surface area (Å²) in [6.07, 6.45) is 4.74. The number of nitrogens with zero attached hydrogens (tertiary/aromatic N) is 2. The van der Waals surface area contributed by atoms with E-state index < -0.39 is 0 Å². The Morgan fingerprint density at radius 1 is 1.28 bits per heavy atom. The highest BCUT2D eigenvalue weighted by Crippen LogP contribution is 2.14. The van der Waals surface area contributed by atoms with Gasteiger partial charge in [0.25, 0.3) is 0 Å². The van der Waals surface area contributed by atoms with Gasteiger partial charge in [-0.05, 0) is 25.5 Å². The standard InChI is InChI=1S/C14H19N3O/c1-12-4-6-13(7-5-12)17-10-9-16-14(17)15-8-3-11-18-2/h4-7,9-10H,3,8,11H2,1-2H3,(H,15,16). The van der Waals surface area contributed by atoms with Gasteiger partial charge < -0.3 is 10.1 Å². The van der Waals surface area contributed by atoms with E-state index in [-0.39, 0.29) is 0 Å². The molecule has 0 unspecified atom stereocenters. The van der Waals surface area contributed by atoms with Crippen molar-refractivity contribution in [2.24, 2.45) is 0 Å². The molecule has 0 radical (unpaired) electrons. The first-order chi connectivity index (χ1) is 8.81. The maximum atomic E-state index is 5.02. The number of aromatic nitrogens is 2. The van der Waals surface area contributed by atoms with E-state index in [1.54, 1.807) is 13.3 Å². The SMILES string of the molecule is COCCCNc1nccn1-c1ccc(C)cc1. The van der Waals surface area contributed by atoms with Gasteiger partial charge in [0.1, 0.15) is 0 Å². The lowest BCUT2D eigenvalue weighted by Gasteiger charge is -2.09. The van der Waals surface area contributed by atoms with Gasteiger partial charge in [-0.1, -0.05) is 17.7 Å². The van der Waals surface area contributed by atoms with Gasteiger partial charge in [0.2, 0.25) is 5.95 Å². The fraction of sp³-hybridized carbons (Fsp3) is 0.357. The fourth-order valence-electron chi connectivity index (χ4n) is 1.76. The summed E-state index contributed by atoms with van der Waals surface area (Å²) < 4.78 is 7.07. The molecule has 0 fully saturated rings. The Labute approximate surface area is 108 Å². The Balaban J connectivity index is 2.05. The van der Waals surface area contributed by atoms with Crippen molar-refractivity contribution in [2.75, 3.05) is 25.6 Å². The van der Waals surface area contributed by atoms with Crippen molar-refractivity contribution in [3.8, 4) is 5.69 Å². The molecule has 2 aromatic rings. The second-order valence-electron chi connectivity index (χ2n) is 4.23. The van der Waals surface area contributed by atoms with Crippen molar-refractivity contribution in [1.82, 2.24) is 9.55 Å². The summed E-state index contributed by atoms with van der Waals surface area (Å²) in [5, 5.41) is 3.31. The summed E-state index contributed by atoms with van der Waals surface area (Å²) in [5.41, 5.74) is 2.38. The molecular formula is C14H19N3O. The zero-order valence-electron chi connectivity index (χ0n) is 10.9. The number of methoxy groups -OCH3 is 1. The van der Waals surface area contributed by atoms with E-state index in [1.807, 2.05) is 10.8 Å². The second kappa shape index (κ2) is 6.21. The molecule has 0 aliphatic rings. The average Bonchev–Trinajstić information content (AvgIpc) is 2.84. The summed E-state index contributed by atoms with van der Waals surface area (Å²) in [6.45, 7) is 3.70. The van der Waals surface area contributed by atoms with Crippen molar-refractivity contribution in [3.63, 3.8) is 0 Å². The largest absolute Gasteiger partial charge is 0.385 e. The molecular weight excluding hydrogens is 226 g/mol. The molecule has 96 valence electrons. The highest BCUT2D eigenvalue weighted by Gasteiger charge is 2.03. The molecule has 0 atom stereocenters. The van der Waals surface area contributed by atoms with Crippen LogP contribution in [-0.2, 0) is 4.74 Å². The van der Waals surface area contributed by atoms with Crippen molar-refractivity contribution >= 4 is 5.95 Å². The number of aryl methyl sites for hydroxylation is 1. The number of hydrogen-bond donors (Lipinski definition) is 1. The van der Waals surface area contributed by atoms with E-state index in [0.29, 0.717) is 0 Å². The molecule has 4 heteroatoms. The van der Waals surface area contributed by atoms with Crippen molar-refractivity contribution in [1.29, 1.82) is 0 Å². The van der Waals surface area contributed by atoms with Crippen molar-refractivity contribution in [3.05, 3.63) is 42.2 Å². The third-order valence-electron chi connectivity index (χ3n) is 2.76. The summed E-state index contributed by atoms with van der Waals surface area (Å²) >= 11 is 0. The van der Waals surface area contributed by atoms with Crippen LogP contribution in [0.3, 0.4) is 0 Å². The molecule has 0 bridgehead atoms. The van der Waals surface area contributed by atoms with Crippen LogP contribution < -0.4 is 5.32 Å². The Hall–Kier alpha value is -1.81. The second-order valence-corrected chi connectivity index (χ2v) is 4.23. The van der Waals surface area contributed by atoms with Crippen LogP contribution in [-0.4, -0.2) is 29.8 Å². The minimum atomic E-state index is 0.762. The molecule has 1 N–H and O–H groups in total. The number of imidazole rings is 1. The maximum Gasteiger partial charge on any atom is 0.207 e. The summed E-state index contributed by atoms with van der Waals surface area (Å²) in [6, 6.07) is 8.39. The first kappa shape index (κ1) is 12.6. The molecule has 0 aliphatic carbocycles. The Kier molecular flexibility index (Phi) is 4.36. The molecule has 0 saturated carbocycles. The number of rotatable bonds is 6. The molecule has 0 amide bonds. The van der Waals surface area contributed by atoms with E-state index in [2.05, 4.69) is 41.5 Å². The zero-order valence-corrected chi connectivity index (χ0v) is 10.9. The molecule has 0 spiro atoms. The van der Waals surface area contributed by atoms with E-state index in [4.69, 9.17) is 4.74 Å². The number of hydrogen-bond acceptors (Lipinski definition) is 3. The number of ether oxygens (including phenoxy) is 1. The minimum absolute atomic E-state index is 0.762. The first-order valence-corrected chi connectivity index (χ1v) is 6.14. The quantitative estimate of drug-likeness (QED) is 0.795. The van der Waals surface area contributed by atoms with Crippen LogP contribution in [0.1, 0.15) is 12.0 Å². The topological polar surface area (TPSA) is 39.1 Å². The van der Waals surface area contributed by atoms with E-state index in [0.717, 1.165) is 31.2 Å². The van der Waals surface area contributed by atoms with Crippen LogP contribution >= 0.6 is 0 Å². The van der Waals surface area contributed by atoms with Gasteiger partial charge >= 0.3 is 0 Å². The van der Waals surface area contributed by atoms with Crippen LogP contribution in [0.2, 0.25) is 0 Å². The molecule has 4 nitrogen and oxygen atoms in total. The zero-order chi connectivity index (χ0) is 12.8. The highest BCUT2D eigenvalue weighted by molar-refractivity contribution is 5.42. The fourth-order valence-corrected chi connectivity index (χ4v) is 1.76. The predicted molar refractivity (Wildman–Crippen MR) is 73.3 cm³/mol. The van der Waals surface area contributed by atoms with Gasteiger partial charge in [0.05, 0.1) is 0 Å². The van der Waals surface area contributed by atoms with E-state index in [9.17, 15) is 0 Å².